The van der Waals surface area contributed by atoms with Crippen LogP contribution in [0.1, 0.15) is 57.3 Å². The summed E-state index contributed by atoms with van der Waals surface area (Å²) in [4.78, 5) is 10.5. The molecule has 0 saturated heterocycles. The molecule has 1 aliphatic carbocycles. The molecule has 2 aromatic heterocycles. The van der Waals surface area contributed by atoms with Crippen molar-refractivity contribution in [2.75, 3.05) is 0 Å². The zero-order chi connectivity index (χ0) is 24.9. The fourth-order valence-electron chi connectivity index (χ4n) is 4.76. The van der Waals surface area contributed by atoms with Crippen LogP contribution in [0.15, 0.2) is 88.4 Å². The van der Waals surface area contributed by atoms with Crippen molar-refractivity contribution in [3.8, 4) is 5.75 Å². The molecule has 0 amide bonds. The predicted molar refractivity (Wildman–Crippen MR) is 145 cm³/mol. The number of hydrogen-bond donors (Lipinski definition) is 0. The van der Waals surface area contributed by atoms with Gasteiger partial charge in [-0.1, -0.05) is 48.4 Å². The van der Waals surface area contributed by atoms with Gasteiger partial charge in [0.25, 0.3) is 0 Å². The molecule has 4 aromatic rings. The van der Waals surface area contributed by atoms with Crippen LogP contribution in [-0.4, -0.2) is 24.8 Å². The standard InChI is InChI=1S/C30H33N3O2S/c1-22(2)15-18-33-27-21-28(35-24-11-7-4-8-12-24)29(36(34)25-13-16-31-17-14-25)20-26(27)32-30(33)19-23-9-5-3-6-10-23/h3,5-6,9-10,13-17,20-21,24H,4,7-8,11-12,18-19H2,1-2H3. The minimum Gasteiger partial charge on any atom is -0.489 e. The number of aromatic nitrogens is 3. The molecule has 1 unspecified atom stereocenters. The van der Waals surface area contributed by atoms with Gasteiger partial charge in [-0.15, -0.1) is 0 Å². The molecule has 1 saturated carbocycles. The average Bonchev–Trinajstić information content (AvgIpc) is 3.24. The lowest BCUT2D eigenvalue weighted by Gasteiger charge is -2.24. The summed E-state index contributed by atoms with van der Waals surface area (Å²) in [7, 11) is -1.39. The summed E-state index contributed by atoms with van der Waals surface area (Å²) >= 11 is 0. The summed E-state index contributed by atoms with van der Waals surface area (Å²) in [6, 6.07) is 18.1. The minimum absolute atomic E-state index is 0.155. The zero-order valence-electron chi connectivity index (χ0n) is 21.0. The highest BCUT2D eigenvalue weighted by Gasteiger charge is 2.23. The van der Waals surface area contributed by atoms with Gasteiger partial charge in [0.2, 0.25) is 0 Å². The summed E-state index contributed by atoms with van der Waals surface area (Å²) in [6.07, 6.45) is 12.2. The third-order valence-electron chi connectivity index (χ3n) is 6.69. The van der Waals surface area contributed by atoms with Gasteiger partial charge >= 0.3 is 0 Å². The first-order valence-electron chi connectivity index (χ1n) is 12.8. The molecule has 0 N–H and O–H groups in total. The van der Waals surface area contributed by atoms with Gasteiger partial charge in [-0.2, -0.15) is 0 Å². The molecule has 0 bridgehead atoms. The average molecular weight is 500 g/mol. The Balaban J connectivity index is 1.63. The van der Waals surface area contributed by atoms with Crippen molar-refractivity contribution in [2.24, 2.45) is 0 Å². The molecule has 1 atom stereocenters. The number of fused-ring (bicyclic) bond motifs is 1. The SMILES string of the molecule is CC(C)=CCn1c(Cc2ccccc2)nc2cc(S(=O)c3ccncc3)c(OC3CCCCC3)cc21. The Bertz CT molecular complexity index is 1370. The molecule has 2 heterocycles. The molecule has 5 nitrogen and oxygen atoms in total. The molecule has 0 aliphatic heterocycles. The fourth-order valence-corrected chi connectivity index (χ4v) is 5.89. The van der Waals surface area contributed by atoms with E-state index in [4.69, 9.17) is 9.72 Å². The summed E-state index contributed by atoms with van der Waals surface area (Å²) in [5.41, 5.74) is 4.33. The van der Waals surface area contributed by atoms with E-state index in [0.29, 0.717) is 15.5 Å². The number of rotatable bonds is 8. The van der Waals surface area contributed by atoms with E-state index in [2.05, 4.69) is 59.8 Å². The minimum atomic E-state index is -1.39. The maximum Gasteiger partial charge on any atom is 0.138 e. The van der Waals surface area contributed by atoms with Crippen molar-refractivity contribution in [2.45, 2.75) is 74.8 Å². The van der Waals surface area contributed by atoms with E-state index in [-0.39, 0.29) is 6.10 Å². The van der Waals surface area contributed by atoms with Gasteiger partial charge in [0.15, 0.2) is 0 Å². The van der Waals surface area contributed by atoms with Gasteiger partial charge < -0.3 is 9.30 Å². The molecule has 186 valence electrons. The molecule has 2 aromatic carbocycles. The first-order valence-corrected chi connectivity index (χ1v) is 13.9. The van der Waals surface area contributed by atoms with E-state index >= 15 is 0 Å². The molecule has 1 fully saturated rings. The lowest BCUT2D eigenvalue weighted by molar-refractivity contribution is 0.151. The van der Waals surface area contributed by atoms with Crippen molar-refractivity contribution < 1.29 is 8.95 Å². The van der Waals surface area contributed by atoms with E-state index in [1.54, 1.807) is 24.5 Å². The predicted octanol–water partition coefficient (Wildman–Crippen LogP) is 6.87. The highest BCUT2D eigenvalue weighted by Crippen LogP contribution is 2.35. The van der Waals surface area contributed by atoms with Crippen molar-refractivity contribution >= 4 is 21.8 Å². The quantitative estimate of drug-likeness (QED) is 0.248. The van der Waals surface area contributed by atoms with Gasteiger partial charge in [0.1, 0.15) is 11.6 Å². The highest BCUT2D eigenvalue weighted by atomic mass is 32.2. The second kappa shape index (κ2) is 11.2. The molecular weight excluding hydrogens is 466 g/mol. The third kappa shape index (κ3) is 5.59. The largest absolute Gasteiger partial charge is 0.489 e. The number of pyridine rings is 1. The van der Waals surface area contributed by atoms with E-state index in [0.717, 1.165) is 42.7 Å². The Hall–Kier alpha value is -3.25. The highest BCUT2D eigenvalue weighted by molar-refractivity contribution is 7.85. The lowest BCUT2D eigenvalue weighted by atomic mass is 9.98. The first-order chi connectivity index (χ1) is 17.6. The van der Waals surface area contributed by atoms with E-state index in [1.165, 1.54) is 30.4 Å². The number of nitrogens with zero attached hydrogens (tertiary/aromatic N) is 3. The molecule has 0 spiro atoms. The number of ether oxygens (including phenoxy) is 1. The van der Waals surface area contributed by atoms with Crippen LogP contribution in [0.25, 0.3) is 11.0 Å². The molecule has 5 rings (SSSR count). The van der Waals surface area contributed by atoms with Crippen LogP contribution in [0.3, 0.4) is 0 Å². The smallest absolute Gasteiger partial charge is 0.138 e. The summed E-state index contributed by atoms with van der Waals surface area (Å²) < 4.78 is 22.6. The molecule has 1 aliphatic rings. The maximum atomic E-state index is 13.7. The third-order valence-corrected chi connectivity index (χ3v) is 8.11. The Morgan fingerprint density at radius 1 is 1.06 bits per heavy atom. The molecular formula is C30H33N3O2S. The van der Waals surface area contributed by atoms with Gasteiger partial charge in [0.05, 0.1) is 32.8 Å². The Labute approximate surface area is 215 Å². The zero-order valence-corrected chi connectivity index (χ0v) is 21.8. The topological polar surface area (TPSA) is 57.0 Å². The lowest BCUT2D eigenvalue weighted by Crippen LogP contribution is -2.20. The van der Waals surface area contributed by atoms with E-state index < -0.39 is 10.8 Å². The van der Waals surface area contributed by atoms with Crippen LogP contribution in [0.2, 0.25) is 0 Å². The number of benzene rings is 2. The molecule has 6 heteroatoms. The van der Waals surface area contributed by atoms with Crippen molar-refractivity contribution in [1.29, 1.82) is 0 Å². The second-order valence-corrected chi connectivity index (χ2v) is 11.1. The fraction of sp³-hybridized carbons (Fsp3) is 0.333. The summed E-state index contributed by atoms with van der Waals surface area (Å²) in [6.45, 7) is 4.96. The maximum absolute atomic E-state index is 13.7. The second-order valence-electron chi connectivity index (χ2n) is 9.70. The molecule has 36 heavy (non-hydrogen) atoms. The Morgan fingerprint density at radius 2 is 1.81 bits per heavy atom. The Kier molecular flexibility index (Phi) is 7.61. The van der Waals surface area contributed by atoms with Crippen molar-refractivity contribution in [3.05, 3.63) is 90.0 Å². The van der Waals surface area contributed by atoms with Gasteiger partial charge in [-0.05, 0) is 63.3 Å². The number of allylic oxidation sites excluding steroid dienone is 2. The van der Waals surface area contributed by atoms with Crippen LogP contribution in [0, 0.1) is 0 Å². The van der Waals surface area contributed by atoms with Gasteiger partial charge in [-0.3, -0.25) is 4.98 Å². The van der Waals surface area contributed by atoms with Gasteiger partial charge in [-0.25, -0.2) is 9.19 Å². The first kappa shape index (κ1) is 24.4. The van der Waals surface area contributed by atoms with Crippen LogP contribution >= 0.6 is 0 Å². The monoisotopic (exact) mass is 499 g/mol. The summed E-state index contributed by atoms with van der Waals surface area (Å²) in [5, 5.41) is 0. The van der Waals surface area contributed by atoms with Crippen molar-refractivity contribution in [3.63, 3.8) is 0 Å². The van der Waals surface area contributed by atoms with E-state index in [1.807, 2.05) is 12.1 Å². The van der Waals surface area contributed by atoms with Crippen LogP contribution in [0.5, 0.6) is 5.75 Å². The normalized spacial score (nSPS) is 15.1. The summed E-state index contributed by atoms with van der Waals surface area (Å²) in [5.74, 6) is 1.69. The van der Waals surface area contributed by atoms with Crippen LogP contribution in [0.4, 0.5) is 0 Å². The van der Waals surface area contributed by atoms with Crippen LogP contribution < -0.4 is 4.74 Å². The van der Waals surface area contributed by atoms with Crippen molar-refractivity contribution in [1.82, 2.24) is 14.5 Å². The van der Waals surface area contributed by atoms with E-state index in [9.17, 15) is 4.21 Å². The van der Waals surface area contributed by atoms with Crippen LogP contribution in [-0.2, 0) is 23.8 Å². The number of imidazole rings is 1. The van der Waals surface area contributed by atoms with Gasteiger partial charge in [0, 0.05) is 36.3 Å². The molecule has 0 radical (unpaired) electrons. The Morgan fingerprint density at radius 3 is 2.53 bits per heavy atom. The number of hydrogen-bond acceptors (Lipinski definition) is 4.